The molecule has 0 aromatic heterocycles. The van der Waals surface area contributed by atoms with Crippen LogP contribution < -0.4 is 0 Å². The van der Waals surface area contributed by atoms with Crippen molar-refractivity contribution >= 4 is 46.1 Å². The van der Waals surface area contributed by atoms with Gasteiger partial charge in [-0.25, -0.2) is 9.79 Å². The number of carbonyl (C=O) groups excluding carboxylic acids is 2. The fraction of sp³-hybridized carbons (Fsp3) is 0.321. The van der Waals surface area contributed by atoms with Gasteiger partial charge in [-0.1, -0.05) is 65.8 Å². The molecule has 1 atom stereocenters. The summed E-state index contributed by atoms with van der Waals surface area (Å²) >= 11 is 7.69. The van der Waals surface area contributed by atoms with Crippen molar-refractivity contribution in [1.82, 2.24) is 14.7 Å². The van der Waals surface area contributed by atoms with Crippen LogP contribution in [0.4, 0.5) is 0 Å². The Hall–Kier alpha value is -3.07. The number of aliphatic imine (C=N–C) groups is 1. The molecule has 1 saturated heterocycles. The molecule has 2 aromatic rings. The molecule has 3 aliphatic rings. The first kappa shape index (κ1) is 25.6. The largest absolute Gasteiger partial charge is 0.463 e. The molecule has 0 spiro atoms. The van der Waals surface area contributed by atoms with Gasteiger partial charge in [-0.15, -0.1) is 0 Å². The van der Waals surface area contributed by atoms with Crippen LogP contribution in [0.2, 0.25) is 5.02 Å². The van der Waals surface area contributed by atoms with E-state index in [1.54, 1.807) is 6.92 Å². The number of ether oxygens (including phenoxy) is 1. The smallest absolute Gasteiger partial charge is 0.338 e. The van der Waals surface area contributed by atoms with E-state index in [1.807, 2.05) is 69.8 Å². The molecular weight excluding hydrogens is 508 g/mol. The molecule has 1 fully saturated rings. The number of hydrogen-bond acceptors (Lipinski definition) is 7. The first-order valence-electron chi connectivity index (χ1n) is 12.4. The first-order chi connectivity index (χ1) is 18.0. The predicted octanol–water partition coefficient (Wildman–Crippen LogP) is 4.78. The molecule has 0 saturated carbocycles. The fourth-order valence-electron chi connectivity index (χ4n) is 4.77. The average Bonchev–Trinajstić information content (AvgIpc) is 3.31. The highest BCUT2D eigenvalue weighted by Crippen LogP contribution is 2.47. The van der Waals surface area contributed by atoms with Crippen molar-refractivity contribution in [1.29, 1.82) is 0 Å². The minimum Gasteiger partial charge on any atom is -0.463 e. The summed E-state index contributed by atoms with van der Waals surface area (Å²) in [5.41, 5.74) is 3.55. The Labute approximate surface area is 226 Å². The quantitative estimate of drug-likeness (QED) is 0.495. The third-order valence-electron chi connectivity index (χ3n) is 6.73. The van der Waals surface area contributed by atoms with Crippen LogP contribution in [-0.4, -0.2) is 71.6 Å². The molecule has 9 heteroatoms. The molecule has 3 heterocycles. The Balaban J connectivity index is 1.57. The summed E-state index contributed by atoms with van der Waals surface area (Å²) < 4.78 is 5.55. The highest BCUT2D eigenvalue weighted by Gasteiger charge is 2.42. The van der Waals surface area contributed by atoms with Gasteiger partial charge in [0.1, 0.15) is 0 Å². The highest BCUT2D eigenvalue weighted by molar-refractivity contribution is 8.16. The summed E-state index contributed by atoms with van der Waals surface area (Å²) in [6, 6.07) is 16.6. The molecule has 0 radical (unpaired) electrons. The second-order valence-electron chi connectivity index (χ2n) is 9.16. The van der Waals surface area contributed by atoms with Gasteiger partial charge in [0.05, 0.1) is 30.3 Å². The van der Waals surface area contributed by atoms with Crippen molar-refractivity contribution in [3.63, 3.8) is 0 Å². The number of halogens is 1. The number of likely N-dealkylation sites (N-methyl/N-ethyl adjacent to an activating group) is 1. The maximum absolute atomic E-state index is 13.5. The van der Waals surface area contributed by atoms with Crippen LogP contribution in [-0.2, 0) is 14.3 Å². The Kier molecular flexibility index (Phi) is 7.69. The zero-order chi connectivity index (χ0) is 25.9. The van der Waals surface area contributed by atoms with E-state index < -0.39 is 12.0 Å². The lowest BCUT2D eigenvalue weighted by atomic mass is 9.91. The second-order valence-corrected chi connectivity index (χ2v) is 10.4. The van der Waals surface area contributed by atoms with Crippen LogP contribution in [0.5, 0.6) is 0 Å². The van der Waals surface area contributed by atoms with E-state index in [0.717, 1.165) is 35.1 Å². The van der Waals surface area contributed by atoms with Gasteiger partial charge < -0.3 is 19.4 Å². The average molecular weight is 537 g/mol. The van der Waals surface area contributed by atoms with Crippen LogP contribution in [0.15, 0.2) is 76.3 Å². The number of piperazine rings is 1. The number of esters is 1. The Bertz CT molecular complexity index is 1270. The van der Waals surface area contributed by atoms with Crippen LogP contribution in [0.3, 0.4) is 0 Å². The zero-order valence-electron chi connectivity index (χ0n) is 20.9. The lowest BCUT2D eigenvalue weighted by Gasteiger charge is -2.38. The van der Waals surface area contributed by atoms with E-state index in [0.29, 0.717) is 29.4 Å². The van der Waals surface area contributed by atoms with Gasteiger partial charge in [-0.2, -0.15) is 0 Å². The van der Waals surface area contributed by atoms with E-state index in [1.165, 1.54) is 11.8 Å². The number of fused-ring (bicyclic) bond motifs is 1. The summed E-state index contributed by atoms with van der Waals surface area (Å²) in [7, 11) is 2.07. The summed E-state index contributed by atoms with van der Waals surface area (Å²) in [5, 5.41) is 3.31. The van der Waals surface area contributed by atoms with Crippen molar-refractivity contribution in [2.75, 3.05) is 39.8 Å². The lowest BCUT2D eigenvalue weighted by molar-refractivity contribution is -0.139. The first-order valence-corrected chi connectivity index (χ1v) is 13.6. The molecule has 37 heavy (non-hydrogen) atoms. The van der Waals surface area contributed by atoms with Crippen LogP contribution >= 0.6 is 23.4 Å². The van der Waals surface area contributed by atoms with Crippen molar-refractivity contribution in [2.24, 2.45) is 4.99 Å². The maximum atomic E-state index is 13.5. The summed E-state index contributed by atoms with van der Waals surface area (Å²) in [4.78, 5) is 37.9. The van der Waals surface area contributed by atoms with Gasteiger partial charge in [0.25, 0.3) is 0 Å². The Morgan fingerprint density at radius 1 is 1.05 bits per heavy atom. The predicted molar refractivity (Wildman–Crippen MR) is 148 cm³/mol. The topological polar surface area (TPSA) is 65.5 Å². The van der Waals surface area contributed by atoms with E-state index in [-0.39, 0.29) is 18.9 Å². The monoisotopic (exact) mass is 536 g/mol. The molecule has 3 aliphatic heterocycles. The number of amidine groups is 1. The molecule has 0 aliphatic carbocycles. The van der Waals surface area contributed by atoms with Crippen molar-refractivity contribution in [3.05, 3.63) is 87.4 Å². The molecule has 0 unspecified atom stereocenters. The van der Waals surface area contributed by atoms with Gasteiger partial charge >= 0.3 is 5.97 Å². The Morgan fingerprint density at radius 3 is 2.43 bits per heavy atom. The second kappa shape index (κ2) is 11.1. The van der Waals surface area contributed by atoms with Crippen LogP contribution in [0.1, 0.15) is 30.5 Å². The van der Waals surface area contributed by atoms with Crippen molar-refractivity contribution in [2.45, 2.75) is 19.4 Å². The molecule has 192 valence electrons. The molecule has 2 aromatic carbocycles. The molecule has 0 bridgehead atoms. The maximum Gasteiger partial charge on any atom is 0.338 e. The molecule has 5 rings (SSSR count). The summed E-state index contributed by atoms with van der Waals surface area (Å²) in [6.45, 7) is 5.18. The van der Waals surface area contributed by atoms with Gasteiger partial charge in [0.15, 0.2) is 5.17 Å². The molecule has 1 amide bonds. The number of hydrogen-bond donors (Lipinski definition) is 0. The minimum absolute atomic E-state index is 0.0755. The van der Waals surface area contributed by atoms with Crippen molar-refractivity contribution < 1.29 is 14.3 Å². The zero-order valence-corrected chi connectivity index (χ0v) is 22.5. The van der Waals surface area contributed by atoms with E-state index in [4.69, 9.17) is 21.3 Å². The van der Waals surface area contributed by atoms with E-state index in [2.05, 4.69) is 11.9 Å². The normalized spacial score (nSPS) is 19.9. The van der Waals surface area contributed by atoms with E-state index >= 15 is 0 Å². The number of carbonyl (C=O) groups is 2. The SMILES string of the molecule is CCOC(=O)C1=C(c2ccccc2)N=C2SC=C(CC(=O)N3CCN(C)CC3)N2[C@H]1c1ccc(Cl)cc1. The van der Waals surface area contributed by atoms with Crippen LogP contribution in [0.25, 0.3) is 5.70 Å². The number of rotatable bonds is 6. The summed E-state index contributed by atoms with van der Waals surface area (Å²) in [5.74, 6) is -0.350. The minimum atomic E-state index is -0.513. The molecular formula is C28H29ClN4O3S. The van der Waals surface area contributed by atoms with Gasteiger partial charge in [0.2, 0.25) is 5.91 Å². The van der Waals surface area contributed by atoms with Crippen LogP contribution in [0, 0.1) is 0 Å². The Morgan fingerprint density at radius 2 is 1.76 bits per heavy atom. The third kappa shape index (κ3) is 5.32. The number of thioether (sulfide) groups is 1. The summed E-state index contributed by atoms with van der Waals surface area (Å²) in [6.07, 6.45) is 0.233. The number of nitrogens with zero attached hydrogens (tertiary/aromatic N) is 4. The van der Waals surface area contributed by atoms with Gasteiger partial charge in [-0.3, -0.25) is 4.79 Å². The third-order valence-corrected chi connectivity index (χ3v) is 7.87. The lowest BCUT2D eigenvalue weighted by Crippen LogP contribution is -2.47. The highest BCUT2D eigenvalue weighted by atomic mass is 35.5. The van der Waals surface area contributed by atoms with Gasteiger partial charge in [-0.05, 0) is 37.1 Å². The number of amides is 1. The fourth-order valence-corrected chi connectivity index (χ4v) is 5.82. The standard InChI is InChI=1S/C28H29ClN4O3S/c1-3-36-27(35)24-25(19-7-5-4-6-8-19)30-28-33(26(24)20-9-11-21(29)12-10-20)22(18-37-28)17-23(34)32-15-13-31(2)14-16-32/h4-12,18,26H,3,13-17H2,1-2H3/t26-/m0/s1. The molecule has 0 N–H and O–H groups in total. The van der Waals surface area contributed by atoms with Crippen molar-refractivity contribution in [3.8, 4) is 0 Å². The van der Waals surface area contributed by atoms with Gasteiger partial charge in [0, 0.05) is 42.5 Å². The molecule has 7 nitrogen and oxygen atoms in total. The number of benzene rings is 2. The van der Waals surface area contributed by atoms with E-state index in [9.17, 15) is 9.59 Å².